The van der Waals surface area contributed by atoms with Crippen molar-refractivity contribution in [1.82, 2.24) is 0 Å². The largest absolute Gasteiger partial charge is 0.495 e. The molecule has 1 aliphatic rings. The van der Waals surface area contributed by atoms with Gasteiger partial charge in [-0.2, -0.15) is 0 Å². The van der Waals surface area contributed by atoms with Gasteiger partial charge in [0, 0.05) is 16.8 Å². The van der Waals surface area contributed by atoms with E-state index >= 15 is 0 Å². The zero-order chi connectivity index (χ0) is 16.5. The van der Waals surface area contributed by atoms with E-state index in [0.717, 1.165) is 16.9 Å². The van der Waals surface area contributed by atoms with Crippen molar-refractivity contribution in [2.75, 3.05) is 23.3 Å². The Bertz CT molecular complexity index is 898. The van der Waals surface area contributed by atoms with Gasteiger partial charge >= 0.3 is 6.98 Å². The molecule has 0 bridgehead atoms. The van der Waals surface area contributed by atoms with Gasteiger partial charge in [-0.05, 0) is 35.2 Å². The molecular weight excluding hydrogens is 297 g/mol. The van der Waals surface area contributed by atoms with Crippen LogP contribution in [-0.4, -0.2) is 14.1 Å². The van der Waals surface area contributed by atoms with Gasteiger partial charge in [-0.15, -0.1) is 0 Å². The second-order valence-electron chi connectivity index (χ2n) is 5.84. The summed E-state index contributed by atoms with van der Waals surface area (Å²) >= 11 is 0. The Kier molecular flexibility index (Phi) is 3.54. The van der Waals surface area contributed by atoms with Crippen LogP contribution >= 0.6 is 0 Å². The van der Waals surface area contributed by atoms with Crippen LogP contribution in [0, 0.1) is 0 Å². The van der Waals surface area contributed by atoms with Gasteiger partial charge in [-0.1, -0.05) is 42.4 Å². The molecule has 0 saturated carbocycles. The fraction of sp³-hybridized carbons (Fsp3) is 0.0526. The number of methoxy groups -OCH3 is 1. The summed E-state index contributed by atoms with van der Waals surface area (Å²) in [5.41, 5.74) is 9.93. The minimum atomic E-state index is 0.0221. The van der Waals surface area contributed by atoms with Crippen molar-refractivity contribution in [2.24, 2.45) is 0 Å². The Labute approximate surface area is 141 Å². The Morgan fingerprint density at radius 1 is 1.00 bits per heavy atom. The first-order valence-corrected chi connectivity index (χ1v) is 7.91. The molecule has 3 aromatic carbocycles. The molecule has 4 nitrogen and oxygen atoms in total. The van der Waals surface area contributed by atoms with E-state index in [1.807, 2.05) is 18.2 Å². The van der Waals surface area contributed by atoms with E-state index in [1.165, 1.54) is 10.8 Å². The summed E-state index contributed by atoms with van der Waals surface area (Å²) in [7, 11) is 1.62. The van der Waals surface area contributed by atoms with Gasteiger partial charge in [0.25, 0.3) is 0 Å². The number of benzene rings is 3. The number of nitrogen functional groups attached to an aromatic ring is 1. The molecule has 0 aromatic heterocycles. The molecule has 0 amide bonds. The van der Waals surface area contributed by atoms with Crippen LogP contribution in [0.3, 0.4) is 0 Å². The number of anilines is 3. The molecule has 0 unspecified atom stereocenters. The summed E-state index contributed by atoms with van der Waals surface area (Å²) in [6.45, 7) is 0.0221. The zero-order valence-corrected chi connectivity index (χ0v) is 13.4. The smallest absolute Gasteiger partial charge is 0.398 e. The predicted molar refractivity (Wildman–Crippen MR) is 103 cm³/mol. The number of hydrogen-bond acceptors (Lipinski definition) is 4. The SMILES string of the molecule is COc1ccc(/C=C\B2Nc3cccc4cccc(c34)N2)cc1N. The second-order valence-corrected chi connectivity index (χ2v) is 5.84. The van der Waals surface area contributed by atoms with Gasteiger partial charge in [0.05, 0.1) is 12.8 Å². The molecular formula is C19H18BN3O. The highest BCUT2D eigenvalue weighted by atomic mass is 16.5. The van der Waals surface area contributed by atoms with Crippen molar-refractivity contribution in [3.05, 3.63) is 66.1 Å². The highest BCUT2D eigenvalue weighted by molar-refractivity contribution is 6.73. The van der Waals surface area contributed by atoms with Crippen molar-refractivity contribution in [1.29, 1.82) is 0 Å². The van der Waals surface area contributed by atoms with Crippen molar-refractivity contribution in [3.63, 3.8) is 0 Å². The summed E-state index contributed by atoms with van der Waals surface area (Å²) in [5, 5.41) is 9.50. The lowest BCUT2D eigenvalue weighted by molar-refractivity contribution is 0.417. The predicted octanol–water partition coefficient (Wildman–Crippen LogP) is 4.01. The van der Waals surface area contributed by atoms with E-state index in [-0.39, 0.29) is 6.98 Å². The topological polar surface area (TPSA) is 59.3 Å². The van der Waals surface area contributed by atoms with Gasteiger partial charge in [-0.3, -0.25) is 0 Å². The van der Waals surface area contributed by atoms with Crippen LogP contribution in [0.1, 0.15) is 5.56 Å². The van der Waals surface area contributed by atoms with E-state index in [4.69, 9.17) is 10.5 Å². The molecule has 1 aliphatic heterocycles. The lowest BCUT2D eigenvalue weighted by Crippen LogP contribution is -2.35. The van der Waals surface area contributed by atoms with Gasteiger partial charge in [-0.25, -0.2) is 0 Å². The monoisotopic (exact) mass is 315 g/mol. The number of rotatable bonds is 3. The molecule has 0 aliphatic carbocycles. The molecule has 4 N–H and O–H groups in total. The first kappa shape index (κ1) is 14.5. The molecule has 1 heterocycles. The Balaban J connectivity index is 1.60. The van der Waals surface area contributed by atoms with Crippen LogP contribution in [0.5, 0.6) is 5.75 Å². The minimum Gasteiger partial charge on any atom is -0.495 e. The fourth-order valence-electron chi connectivity index (χ4n) is 3.11. The van der Waals surface area contributed by atoms with Crippen LogP contribution in [0.4, 0.5) is 17.1 Å². The van der Waals surface area contributed by atoms with Crippen molar-refractivity contribution in [2.45, 2.75) is 0 Å². The standard InChI is InChI=1S/C19H18BN3O/c1-24-18-9-8-13(12-15(18)21)10-11-20-22-16-6-2-4-14-5-3-7-17(23-20)19(14)16/h2-12,22-23H,21H2,1H3/b11-10-. The molecule has 24 heavy (non-hydrogen) atoms. The Hall–Kier alpha value is -3.08. The van der Waals surface area contributed by atoms with E-state index in [0.29, 0.717) is 11.4 Å². The van der Waals surface area contributed by atoms with E-state index < -0.39 is 0 Å². The molecule has 4 rings (SSSR count). The lowest BCUT2D eigenvalue weighted by atomic mass is 9.73. The highest BCUT2D eigenvalue weighted by Gasteiger charge is 2.20. The van der Waals surface area contributed by atoms with Crippen molar-refractivity contribution in [3.8, 4) is 5.75 Å². The maximum atomic E-state index is 5.96. The third kappa shape index (κ3) is 2.54. The maximum Gasteiger partial charge on any atom is 0.398 e. The average molecular weight is 315 g/mol. The zero-order valence-electron chi connectivity index (χ0n) is 13.4. The molecule has 118 valence electrons. The molecule has 3 aromatic rings. The van der Waals surface area contributed by atoms with Crippen LogP contribution in [0.25, 0.3) is 16.8 Å². The molecule has 0 radical (unpaired) electrons. The Morgan fingerprint density at radius 2 is 1.71 bits per heavy atom. The van der Waals surface area contributed by atoms with Crippen LogP contribution in [0.15, 0.2) is 60.6 Å². The van der Waals surface area contributed by atoms with Crippen molar-refractivity contribution >= 4 is 40.9 Å². The maximum absolute atomic E-state index is 5.96. The normalized spacial score (nSPS) is 13.0. The highest BCUT2D eigenvalue weighted by Crippen LogP contribution is 2.34. The third-order valence-corrected chi connectivity index (χ3v) is 4.26. The number of nitrogens with two attached hydrogens (primary N) is 1. The number of ether oxygens (including phenoxy) is 1. The Morgan fingerprint density at radius 3 is 2.33 bits per heavy atom. The summed E-state index contributed by atoms with van der Waals surface area (Å²) in [6, 6.07) is 18.4. The molecule has 0 fully saturated rings. The van der Waals surface area contributed by atoms with Crippen molar-refractivity contribution < 1.29 is 4.74 Å². The number of hydrogen-bond donors (Lipinski definition) is 3. The average Bonchev–Trinajstić information content (AvgIpc) is 2.60. The first-order valence-electron chi connectivity index (χ1n) is 7.91. The summed E-state index contributed by atoms with van der Waals surface area (Å²) < 4.78 is 5.19. The quantitative estimate of drug-likeness (QED) is 0.505. The molecule has 0 saturated heterocycles. The van der Waals surface area contributed by atoms with Crippen LogP contribution in [0.2, 0.25) is 0 Å². The minimum absolute atomic E-state index is 0.0221. The van der Waals surface area contributed by atoms with Gasteiger partial charge in [0.2, 0.25) is 0 Å². The van der Waals surface area contributed by atoms with E-state index in [9.17, 15) is 0 Å². The van der Waals surface area contributed by atoms with E-state index in [2.05, 4.69) is 58.9 Å². The summed E-state index contributed by atoms with van der Waals surface area (Å²) in [5.74, 6) is 2.79. The molecule has 0 spiro atoms. The van der Waals surface area contributed by atoms with Crippen LogP contribution in [-0.2, 0) is 0 Å². The fourth-order valence-corrected chi connectivity index (χ4v) is 3.11. The first-order chi connectivity index (χ1) is 11.7. The van der Waals surface area contributed by atoms with Gasteiger partial charge in [0.1, 0.15) is 5.75 Å². The molecule has 0 atom stereocenters. The molecule has 5 heteroatoms. The summed E-state index contributed by atoms with van der Waals surface area (Å²) in [6.07, 6.45) is 2.05. The van der Waals surface area contributed by atoms with Crippen LogP contribution < -0.4 is 20.9 Å². The second kappa shape index (κ2) is 5.85. The van der Waals surface area contributed by atoms with E-state index in [1.54, 1.807) is 7.11 Å². The third-order valence-electron chi connectivity index (χ3n) is 4.26. The van der Waals surface area contributed by atoms with Gasteiger partial charge < -0.3 is 20.9 Å². The van der Waals surface area contributed by atoms with Gasteiger partial charge in [0.15, 0.2) is 0 Å². The lowest BCUT2D eigenvalue weighted by Gasteiger charge is -2.24. The number of nitrogens with one attached hydrogen (secondary N) is 2. The summed E-state index contributed by atoms with van der Waals surface area (Å²) in [4.78, 5) is 0.